The van der Waals surface area contributed by atoms with Gasteiger partial charge in [-0.1, -0.05) is 29.9 Å². The van der Waals surface area contributed by atoms with E-state index in [4.69, 9.17) is 38.0 Å². The van der Waals surface area contributed by atoms with E-state index in [1.807, 2.05) is 38.1 Å². The van der Waals surface area contributed by atoms with E-state index in [9.17, 15) is 4.79 Å². The van der Waals surface area contributed by atoms with Crippen LogP contribution in [0, 0.1) is 6.92 Å². The quantitative estimate of drug-likeness (QED) is 0.459. The first kappa shape index (κ1) is 25.4. The van der Waals surface area contributed by atoms with Crippen LogP contribution >= 0.6 is 23.8 Å². The van der Waals surface area contributed by atoms with Crippen LogP contribution in [0.4, 0.5) is 5.69 Å². The predicted molar refractivity (Wildman–Crippen MR) is 139 cm³/mol. The Hall–Kier alpha value is -2.72. The maximum Gasteiger partial charge on any atom is 0.256 e. The molecular weight excluding hydrogens is 488 g/mol. The monoisotopic (exact) mass is 516 g/mol. The number of thiocarbonyl (C=S) groups is 1. The Labute approximate surface area is 215 Å². The van der Waals surface area contributed by atoms with Gasteiger partial charge < -0.3 is 30.2 Å². The third-order valence-corrected chi connectivity index (χ3v) is 6.55. The molecule has 1 saturated heterocycles. The lowest BCUT2D eigenvalue weighted by molar-refractivity contribution is -0.118. The molecule has 4 rings (SSSR count). The number of halogens is 1. The summed E-state index contributed by atoms with van der Waals surface area (Å²) in [6, 6.07) is 7.40. The summed E-state index contributed by atoms with van der Waals surface area (Å²) in [5.74, 6) is 0.434. The van der Waals surface area contributed by atoms with Crippen LogP contribution < -0.4 is 20.7 Å². The van der Waals surface area contributed by atoms with Crippen LogP contribution in [0.15, 0.2) is 47.9 Å². The summed E-state index contributed by atoms with van der Waals surface area (Å²) in [5, 5.41) is 10.2. The minimum absolute atomic E-state index is 0.0268. The summed E-state index contributed by atoms with van der Waals surface area (Å²) in [6.07, 6.45) is 3.90. The fourth-order valence-electron chi connectivity index (χ4n) is 3.92. The van der Waals surface area contributed by atoms with Gasteiger partial charge in [0.15, 0.2) is 0 Å². The molecule has 8 nitrogen and oxygen atoms in total. The minimum Gasteiger partial charge on any atom is -0.489 e. The number of nitrogens with one attached hydrogen (secondary N) is 3. The Morgan fingerprint density at radius 2 is 2.20 bits per heavy atom. The number of hydrogen-bond acceptors (Lipinski definition) is 7. The van der Waals surface area contributed by atoms with Gasteiger partial charge in [0.1, 0.15) is 23.4 Å². The van der Waals surface area contributed by atoms with Gasteiger partial charge >= 0.3 is 0 Å². The number of anilines is 1. The molecule has 35 heavy (non-hydrogen) atoms. The van der Waals surface area contributed by atoms with E-state index >= 15 is 0 Å². The summed E-state index contributed by atoms with van der Waals surface area (Å²) in [6.45, 7) is 6.36. The molecule has 10 heteroatoms. The molecule has 3 heterocycles. The molecule has 0 aliphatic carbocycles. The zero-order chi connectivity index (χ0) is 24.8. The van der Waals surface area contributed by atoms with Gasteiger partial charge in [-0.15, -0.1) is 0 Å². The second-order valence-corrected chi connectivity index (χ2v) is 9.33. The average Bonchev–Trinajstić information content (AvgIpc) is 2.85. The molecule has 0 unspecified atom stereocenters. The van der Waals surface area contributed by atoms with Gasteiger partial charge in [-0.05, 0) is 37.6 Å². The van der Waals surface area contributed by atoms with Gasteiger partial charge in [-0.25, -0.2) is 0 Å². The highest BCUT2D eigenvalue weighted by Crippen LogP contribution is 2.26. The van der Waals surface area contributed by atoms with Crippen LogP contribution in [0.3, 0.4) is 0 Å². The molecule has 0 spiro atoms. The summed E-state index contributed by atoms with van der Waals surface area (Å²) in [7, 11) is 0. The first-order valence-electron chi connectivity index (χ1n) is 11.5. The summed E-state index contributed by atoms with van der Waals surface area (Å²) in [4.78, 5) is 17.5. The Morgan fingerprint density at radius 3 is 3.00 bits per heavy atom. The maximum atomic E-state index is 12.9. The maximum absolute atomic E-state index is 12.9. The Bertz CT molecular complexity index is 1120. The Balaban J connectivity index is 1.49. The lowest BCUT2D eigenvalue weighted by atomic mass is 10.0. The third kappa shape index (κ3) is 6.49. The smallest absolute Gasteiger partial charge is 0.256 e. The van der Waals surface area contributed by atoms with E-state index in [0.717, 1.165) is 22.5 Å². The summed E-state index contributed by atoms with van der Waals surface area (Å²) >= 11 is 11.9. The van der Waals surface area contributed by atoms with E-state index in [2.05, 4.69) is 20.9 Å². The number of carbonyl (C=O) groups excluding carboxylic acids is 1. The summed E-state index contributed by atoms with van der Waals surface area (Å²) < 4.78 is 17.1. The van der Waals surface area contributed by atoms with Crippen LogP contribution in [0.2, 0.25) is 5.02 Å². The Kier molecular flexibility index (Phi) is 8.56. The van der Waals surface area contributed by atoms with Gasteiger partial charge in [0.2, 0.25) is 0 Å². The SMILES string of the molecule is Cc1c(Cl)cccc1NC(=S)C1=C(NCc2ccncc2OC[C@@H]2COCCO2)C[C@@H](C)NC1=O. The number of ether oxygens (including phenoxy) is 3. The van der Waals surface area contributed by atoms with Gasteiger partial charge in [0.25, 0.3) is 5.91 Å². The number of benzene rings is 1. The van der Waals surface area contributed by atoms with Crippen molar-refractivity contribution in [2.75, 3.05) is 31.7 Å². The number of rotatable bonds is 8. The molecule has 0 bridgehead atoms. The molecule has 1 amide bonds. The molecule has 1 aromatic heterocycles. The first-order chi connectivity index (χ1) is 16.9. The average molecular weight is 517 g/mol. The van der Waals surface area contributed by atoms with Crippen molar-refractivity contribution in [1.82, 2.24) is 15.6 Å². The minimum atomic E-state index is -0.218. The van der Waals surface area contributed by atoms with Crippen molar-refractivity contribution in [2.45, 2.75) is 39.0 Å². The molecule has 1 aromatic carbocycles. The van der Waals surface area contributed by atoms with Crippen molar-refractivity contribution in [2.24, 2.45) is 0 Å². The number of carbonyl (C=O) groups is 1. The lowest BCUT2D eigenvalue weighted by Crippen LogP contribution is -2.44. The second-order valence-electron chi connectivity index (χ2n) is 8.51. The molecule has 0 radical (unpaired) electrons. The molecule has 2 atom stereocenters. The van der Waals surface area contributed by atoms with E-state index in [1.54, 1.807) is 12.4 Å². The van der Waals surface area contributed by atoms with Gasteiger partial charge in [0, 0.05) is 47.2 Å². The largest absolute Gasteiger partial charge is 0.489 e. The molecule has 2 aromatic rings. The molecular formula is C25H29ClN4O4S. The molecule has 2 aliphatic rings. The second kappa shape index (κ2) is 11.8. The third-order valence-electron chi connectivity index (χ3n) is 5.83. The highest BCUT2D eigenvalue weighted by atomic mass is 35.5. The van der Waals surface area contributed by atoms with E-state index in [-0.39, 0.29) is 18.1 Å². The molecule has 1 fully saturated rings. The van der Waals surface area contributed by atoms with E-state index in [0.29, 0.717) is 60.7 Å². The molecule has 2 aliphatic heterocycles. The molecule has 186 valence electrons. The van der Waals surface area contributed by atoms with Gasteiger partial charge in [0.05, 0.1) is 31.6 Å². The Morgan fingerprint density at radius 1 is 1.34 bits per heavy atom. The fraction of sp³-hybridized carbons (Fsp3) is 0.400. The highest BCUT2D eigenvalue weighted by molar-refractivity contribution is 7.81. The van der Waals surface area contributed by atoms with Crippen LogP contribution in [0.5, 0.6) is 5.75 Å². The van der Waals surface area contributed by atoms with E-state index < -0.39 is 0 Å². The van der Waals surface area contributed by atoms with E-state index in [1.165, 1.54) is 0 Å². The molecule has 0 saturated carbocycles. The number of amides is 1. The molecule has 3 N–H and O–H groups in total. The number of pyridine rings is 1. The van der Waals surface area contributed by atoms with Crippen molar-refractivity contribution >= 4 is 40.4 Å². The lowest BCUT2D eigenvalue weighted by Gasteiger charge is -2.28. The van der Waals surface area contributed by atoms with Crippen molar-refractivity contribution in [3.63, 3.8) is 0 Å². The van der Waals surface area contributed by atoms with Gasteiger partial charge in [-0.2, -0.15) is 0 Å². The zero-order valence-electron chi connectivity index (χ0n) is 19.7. The zero-order valence-corrected chi connectivity index (χ0v) is 21.3. The van der Waals surface area contributed by atoms with Crippen molar-refractivity contribution in [3.05, 3.63) is 64.1 Å². The number of aromatic nitrogens is 1. The van der Waals surface area contributed by atoms with Gasteiger partial charge in [-0.3, -0.25) is 9.78 Å². The van der Waals surface area contributed by atoms with Crippen LogP contribution in [0.1, 0.15) is 24.5 Å². The fourth-order valence-corrected chi connectivity index (χ4v) is 4.42. The highest BCUT2D eigenvalue weighted by Gasteiger charge is 2.28. The van der Waals surface area contributed by atoms with Crippen LogP contribution in [-0.4, -0.2) is 54.5 Å². The predicted octanol–water partition coefficient (Wildman–Crippen LogP) is 3.53. The van der Waals surface area contributed by atoms with Crippen LogP contribution in [0.25, 0.3) is 0 Å². The normalized spacial score (nSPS) is 20.3. The number of hydrogen-bond donors (Lipinski definition) is 3. The first-order valence-corrected chi connectivity index (χ1v) is 12.3. The van der Waals surface area contributed by atoms with Crippen molar-refractivity contribution in [3.8, 4) is 5.75 Å². The standard InChI is InChI=1S/C25H29ClN4O4S/c1-15-10-21(23(24(31)29-15)25(35)30-20-5-3-4-19(26)16(20)2)28-11-17-6-7-27-12-22(17)34-14-18-13-32-8-9-33-18/h3-7,12,15,18,28H,8-11,13-14H2,1-2H3,(H,29,31)(H,30,35)/t15-,18+/m1/s1. The van der Waals surface area contributed by atoms with Crippen molar-refractivity contribution in [1.29, 1.82) is 0 Å². The topological polar surface area (TPSA) is 93.7 Å². The van der Waals surface area contributed by atoms with Crippen LogP contribution in [-0.2, 0) is 20.8 Å². The number of nitrogens with zero attached hydrogens (tertiary/aromatic N) is 1. The van der Waals surface area contributed by atoms with Crippen molar-refractivity contribution < 1.29 is 19.0 Å². The summed E-state index contributed by atoms with van der Waals surface area (Å²) in [5.41, 5.74) is 3.72.